The highest BCUT2D eigenvalue weighted by molar-refractivity contribution is 5.92. The fraction of sp³-hybridized carbons (Fsp3) is 0.250. The zero-order chi connectivity index (χ0) is 16.6. The average Bonchev–Trinajstić information content (AvgIpc) is 2.77. The third-order valence-electron chi connectivity index (χ3n) is 3.82. The van der Waals surface area contributed by atoms with Gasteiger partial charge in [-0.1, -0.05) is 12.1 Å². The summed E-state index contributed by atoms with van der Waals surface area (Å²) in [6.45, 7) is 3.61. The Labute approximate surface area is 132 Å². The number of para-hydroxylation sites is 1. The van der Waals surface area contributed by atoms with Crippen molar-refractivity contribution in [3.8, 4) is 0 Å². The molecule has 1 amide bonds. The summed E-state index contributed by atoms with van der Waals surface area (Å²) in [5.41, 5.74) is 2.67. The number of aromatic nitrogens is 4. The highest BCUT2D eigenvalue weighted by atomic mass is 16.2. The number of hydrogen-bond donors (Lipinski definition) is 1. The monoisotopic (exact) mass is 311 g/mol. The van der Waals surface area contributed by atoms with Gasteiger partial charge in [-0.25, -0.2) is 4.98 Å². The van der Waals surface area contributed by atoms with Crippen LogP contribution in [0.25, 0.3) is 10.9 Å². The molecule has 1 aromatic carbocycles. The van der Waals surface area contributed by atoms with Gasteiger partial charge in [0.15, 0.2) is 0 Å². The molecule has 1 N–H and O–H groups in total. The van der Waals surface area contributed by atoms with Crippen LogP contribution in [-0.4, -0.2) is 25.2 Å². The normalized spacial score (nSPS) is 10.9. The molecule has 0 bridgehead atoms. The van der Waals surface area contributed by atoms with E-state index in [1.807, 2.05) is 27.0 Å². The predicted octanol–water partition coefficient (Wildman–Crippen LogP) is 1.39. The lowest BCUT2D eigenvalue weighted by atomic mass is 10.2. The number of rotatable bonds is 3. The Morgan fingerprint density at radius 1 is 1.26 bits per heavy atom. The van der Waals surface area contributed by atoms with Crippen LogP contribution in [0.4, 0.5) is 5.69 Å². The molecule has 0 atom stereocenters. The van der Waals surface area contributed by atoms with Crippen LogP contribution in [0.2, 0.25) is 0 Å². The Hall–Kier alpha value is -2.96. The van der Waals surface area contributed by atoms with E-state index in [0.717, 1.165) is 11.4 Å². The summed E-state index contributed by atoms with van der Waals surface area (Å²) in [5.74, 6) is -0.289. The first-order valence-corrected chi connectivity index (χ1v) is 7.21. The molecule has 0 spiro atoms. The van der Waals surface area contributed by atoms with Crippen LogP contribution in [0.1, 0.15) is 11.4 Å². The molecule has 7 nitrogen and oxygen atoms in total. The van der Waals surface area contributed by atoms with Gasteiger partial charge in [0, 0.05) is 7.05 Å². The first-order chi connectivity index (χ1) is 11.0. The smallest absolute Gasteiger partial charge is 0.261 e. The SMILES string of the molecule is Cc1nn(C)c(C)c1NC(=O)Cn1cnc2ccccc2c1=O. The lowest BCUT2D eigenvalue weighted by molar-refractivity contribution is -0.116. The van der Waals surface area contributed by atoms with Gasteiger partial charge in [-0.3, -0.25) is 18.8 Å². The molecule has 0 saturated heterocycles. The number of nitrogens with one attached hydrogen (secondary N) is 1. The van der Waals surface area contributed by atoms with Gasteiger partial charge in [0.1, 0.15) is 6.54 Å². The number of aryl methyl sites for hydroxylation is 2. The number of nitrogens with zero attached hydrogens (tertiary/aromatic N) is 4. The number of fused-ring (bicyclic) bond motifs is 1. The molecule has 0 aliphatic heterocycles. The van der Waals surface area contributed by atoms with Crippen molar-refractivity contribution in [1.29, 1.82) is 0 Å². The maximum absolute atomic E-state index is 12.4. The number of carbonyl (C=O) groups is 1. The van der Waals surface area contributed by atoms with Crippen LogP contribution in [-0.2, 0) is 18.4 Å². The summed E-state index contributed by atoms with van der Waals surface area (Å²) in [6.07, 6.45) is 1.40. The van der Waals surface area contributed by atoms with Crippen molar-refractivity contribution in [2.45, 2.75) is 20.4 Å². The van der Waals surface area contributed by atoms with Gasteiger partial charge < -0.3 is 5.32 Å². The fourth-order valence-electron chi connectivity index (χ4n) is 2.51. The molecular formula is C16H17N5O2. The van der Waals surface area contributed by atoms with Crippen molar-refractivity contribution in [1.82, 2.24) is 19.3 Å². The zero-order valence-electron chi connectivity index (χ0n) is 13.2. The van der Waals surface area contributed by atoms with E-state index in [4.69, 9.17) is 0 Å². The maximum atomic E-state index is 12.4. The number of benzene rings is 1. The Morgan fingerprint density at radius 3 is 2.70 bits per heavy atom. The van der Waals surface area contributed by atoms with Crippen molar-refractivity contribution in [3.63, 3.8) is 0 Å². The molecule has 2 heterocycles. The van der Waals surface area contributed by atoms with E-state index in [9.17, 15) is 9.59 Å². The van der Waals surface area contributed by atoms with Crippen LogP contribution in [0.5, 0.6) is 0 Å². The van der Waals surface area contributed by atoms with Crippen LogP contribution in [0.3, 0.4) is 0 Å². The molecular weight excluding hydrogens is 294 g/mol. The van der Waals surface area contributed by atoms with Gasteiger partial charge in [-0.15, -0.1) is 0 Å². The summed E-state index contributed by atoms with van der Waals surface area (Å²) in [4.78, 5) is 28.8. The molecule has 3 rings (SSSR count). The highest BCUT2D eigenvalue weighted by Crippen LogP contribution is 2.18. The Balaban J connectivity index is 1.86. The summed E-state index contributed by atoms with van der Waals surface area (Å²) in [6, 6.07) is 7.07. The van der Waals surface area contributed by atoms with Gasteiger partial charge in [0.05, 0.1) is 34.3 Å². The molecule has 118 valence electrons. The standard InChI is InChI=1S/C16H17N5O2/c1-10-15(11(2)20(3)19-10)18-14(22)8-21-9-17-13-7-5-4-6-12(13)16(21)23/h4-7,9H,8H2,1-3H3,(H,18,22). The molecule has 0 radical (unpaired) electrons. The summed E-state index contributed by atoms with van der Waals surface area (Å²) in [5, 5.41) is 7.56. The summed E-state index contributed by atoms with van der Waals surface area (Å²) in [7, 11) is 1.82. The molecule has 3 aromatic rings. The van der Waals surface area contributed by atoms with E-state index in [1.54, 1.807) is 22.9 Å². The lowest BCUT2D eigenvalue weighted by Crippen LogP contribution is -2.28. The van der Waals surface area contributed by atoms with Crippen molar-refractivity contribution in [2.75, 3.05) is 5.32 Å². The van der Waals surface area contributed by atoms with E-state index in [0.29, 0.717) is 16.6 Å². The van der Waals surface area contributed by atoms with Crippen LogP contribution in [0.15, 0.2) is 35.4 Å². The quantitative estimate of drug-likeness (QED) is 0.792. The Morgan fingerprint density at radius 2 is 2.00 bits per heavy atom. The van der Waals surface area contributed by atoms with Crippen molar-refractivity contribution in [3.05, 3.63) is 52.3 Å². The Bertz CT molecular complexity index is 955. The minimum atomic E-state index is -0.289. The molecule has 23 heavy (non-hydrogen) atoms. The molecule has 0 unspecified atom stereocenters. The predicted molar refractivity (Wildman–Crippen MR) is 87.3 cm³/mol. The Kier molecular flexibility index (Phi) is 3.69. The molecule has 0 aliphatic rings. The van der Waals surface area contributed by atoms with E-state index in [1.165, 1.54) is 10.9 Å². The fourth-order valence-corrected chi connectivity index (χ4v) is 2.51. The minimum Gasteiger partial charge on any atom is -0.321 e. The highest BCUT2D eigenvalue weighted by Gasteiger charge is 2.13. The molecule has 2 aromatic heterocycles. The van der Waals surface area contributed by atoms with E-state index < -0.39 is 0 Å². The van der Waals surface area contributed by atoms with Crippen molar-refractivity contribution < 1.29 is 4.79 Å². The second-order valence-electron chi connectivity index (χ2n) is 5.41. The van der Waals surface area contributed by atoms with E-state index in [-0.39, 0.29) is 18.0 Å². The number of carbonyl (C=O) groups excluding carboxylic acids is 1. The third-order valence-corrected chi connectivity index (χ3v) is 3.82. The third kappa shape index (κ3) is 2.73. The van der Waals surface area contributed by atoms with Crippen molar-refractivity contribution in [2.24, 2.45) is 7.05 Å². The molecule has 0 fully saturated rings. The van der Waals surface area contributed by atoms with Gasteiger partial charge in [-0.2, -0.15) is 5.10 Å². The molecule has 0 aliphatic carbocycles. The van der Waals surface area contributed by atoms with Crippen molar-refractivity contribution >= 4 is 22.5 Å². The zero-order valence-corrected chi connectivity index (χ0v) is 13.2. The van der Waals surface area contributed by atoms with Crippen LogP contribution >= 0.6 is 0 Å². The van der Waals surface area contributed by atoms with E-state index >= 15 is 0 Å². The van der Waals surface area contributed by atoms with Gasteiger partial charge in [0.2, 0.25) is 5.91 Å². The first-order valence-electron chi connectivity index (χ1n) is 7.21. The average molecular weight is 311 g/mol. The number of hydrogen-bond acceptors (Lipinski definition) is 4. The topological polar surface area (TPSA) is 81.8 Å². The second-order valence-corrected chi connectivity index (χ2v) is 5.41. The maximum Gasteiger partial charge on any atom is 0.261 e. The molecule has 7 heteroatoms. The number of anilines is 1. The van der Waals surface area contributed by atoms with Crippen LogP contribution < -0.4 is 10.9 Å². The van der Waals surface area contributed by atoms with Gasteiger partial charge in [-0.05, 0) is 26.0 Å². The minimum absolute atomic E-state index is 0.0928. The summed E-state index contributed by atoms with van der Waals surface area (Å²) >= 11 is 0. The second kappa shape index (κ2) is 5.68. The van der Waals surface area contributed by atoms with E-state index in [2.05, 4.69) is 15.4 Å². The summed E-state index contributed by atoms with van der Waals surface area (Å²) < 4.78 is 3.01. The van der Waals surface area contributed by atoms with Crippen LogP contribution in [0, 0.1) is 13.8 Å². The largest absolute Gasteiger partial charge is 0.321 e. The van der Waals surface area contributed by atoms with Gasteiger partial charge >= 0.3 is 0 Å². The van der Waals surface area contributed by atoms with Gasteiger partial charge in [0.25, 0.3) is 5.56 Å². The molecule has 0 saturated carbocycles. The first kappa shape index (κ1) is 15.0. The number of amides is 1. The lowest BCUT2D eigenvalue weighted by Gasteiger charge is -2.08.